The van der Waals surface area contributed by atoms with Gasteiger partial charge in [0.1, 0.15) is 5.75 Å². The zero-order valence-corrected chi connectivity index (χ0v) is 10.2. The molecular weight excluding hydrogens is 200 g/mol. The van der Waals surface area contributed by atoms with E-state index in [9.17, 15) is 0 Å². The molecule has 0 saturated carbocycles. The number of rotatable bonds is 4. The van der Waals surface area contributed by atoms with Gasteiger partial charge in [-0.25, -0.2) is 0 Å². The third-order valence-electron chi connectivity index (χ3n) is 3.07. The van der Waals surface area contributed by atoms with Gasteiger partial charge in [0.15, 0.2) is 0 Å². The van der Waals surface area contributed by atoms with E-state index in [1.54, 1.807) is 0 Å². The number of benzene rings is 1. The molecule has 0 aliphatic heterocycles. The highest BCUT2D eigenvalue weighted by atomic mass is 16.5. The van der Waals surface area contributed by atoms with Gasteiger partial charge in [0.2, 0.25) is 0 Å². The highest BCUT2D eigenvalue weighted by molar-refractivity contribution is 5.37. The maximum atomic E-state index is 5.70. The maximum absolute atomic E-state index is 5.70. The minimum absolute atomic E-state index is 0.398. The van der Waals surface area contributed by atoms with Crippen LogP contribution in [-0.4, -0.2) is 19.3 Å². The Labute approximate surface area is 97.6 Å². The van der Waals surface area contributed by atoms with E-state index in [1.165, 1.54) is 11.1 Å². The standard InChI is InChI=1S/C14H20O2/c1-3-15-13-7-5-11-6-8-14(16-4-2)10-12(11)9-13/h5,7,9,14H,3-4,6,8,10H2,1-2H3/t14-/m0/s1. The molecule has 1 aromatic rings. The van der Waals surface area contributed by atoms with Crippen LogP contribution in [0.2, 0.25) is 0 Å². The van der Waals surface area contributed by atoms with Crippen molar-refractivity contribution >= 4 is 0 Å². The number of ether oxygens (including phenoxy) is 2. The van der Waals surface area contributed by atoms with Crippen LogP contribution >= 0.6 is 0 Å². The Hall–Kier alpha value is -1.02. The Morgan fingerprint density at radius 1 is 1.19 bits per heavy atom. The zero-order valence-electron chi connectivity index (χ0n) is 10.2. The highest BCUT2D eigenvalue weighted by Gasteiger charge is 2.18. The second kappa shape index (κ2) is 5.35. The topological polar surface area (TPSA) is 18.5 Å². The summed E-state index contributed by atoms with van der Waals surface area (Å²) in [4.78, 5) is 0. The van der Waals surface area contributed by atoms with Crippen LogP contribution in [0.15, 0.2) is 18.2 Å². The van der Waals surface area contributed by atoms with Crippen LogP contribution in [0.5, 0.6) is 5.75 Å². The molecule has 2 rings (SSSR count). The summed E-state index contributed by atoms with van der Waals surface area (Å²) in [7, 11) is 0. The van der Waals surface area contributed by atoms with Gasteiger partial charge in [-0.1, -0.05) is 6.07 Å². The van der Waals surface area contributed by atoms with Crippen molar-refractivity contribution in [2.45, 2.75) is 39.2 Å². The minimum Gasteiger partial charge on any atom is -0.494 e. The van der Waals surface area contributed by atoms with Gasteiger partial charge in [0.05, 0.1) is 12.7 Å². The molecule has 0 heterocycles. The third kappa shape index (κ3) is 2.56. The van der Waals surface area contributed by atoms with E-state index >= 15 is 0 Å². The molecule has 16 heavy (non-hydrogen) atoms. The lowest BCUT2D eigenvalue weighted by molar-refractivity contribution is 0.0534. The summed E-state index contributed by atoms with van der Waals surface area (Å²) in [5, 5.41) is 0. The number of hydrogen-bond donors (Lipinski definition) is 0. The van der Waals surface area contributed by atoms with Crippen LogP contribution in [0.1, 0.15) is 31.4 Å². The first-order valence-electron chi connectivity index (χ1n) is 6.19. The monoisotopic (exact) mass is 220 g/mol. The Bertz CT molecular complexity index is 347. The number of hydrogen-bond acceptors (Lipinski definition) is 2. The van der Waals surface area contributed by atoms with Gasteiger partial charge in [-0.3, -0.25) is 0 Å². The summed E-state index contributed by atoms with van der Waals surface area (Å²) in [6, 6.07) is 6.44. The average Bonchev–Trinajstić information content (AvgIpc) is 2.29. The van der Waals surface area contributed by atoms with E-state index in [1.807, 2.05) is 6.92 Å². The smallest absolute Gasteiger partial charge is 0.119 e. The Morgan fingerprint density at radius 2 is 2.06 bits per heavy atom. The fourth-order valence-corrected chi connectivity index (χ4v) is 2.33. The predicted octanol–water partition coefficient (Wildman–Crippen LogP) is 2.98. The molecular formula is C14H20O2. The zero-order chi connectivity index (χ0) is 11.4. The van der Waals surface area contributed by atoms with Gasteiger partial charge >= 0.3 is 0 Å². The highest BCUT2D eigenvalue weighted by Crippen LogP contribution is 2.26. The molecule has 88 valence electrons. The van der Waals surface area contributed by atoms with Gasteiger partial charge < -0.3 is 9.47 Å². The molecule has 0 aromatic heterocycles. The van der Waals surface area contributed by atoms with Crippen LogP contribution in [0.3, 0.4) is 0 Å². The number of aryl methyl sites for hydroxylation is 1. The molecule has 1 aromatic carbocycles. The van der Waals surface area contributed by atoms with Crippen molar-refractivity contribution in [3.63, 3.8) is 0 Å². The summed E-state index contributed by atoms with van der Waals surface area (Å²) < 4.78 is 11.2. The van der Waals surface area contributed by atoms with E-state index in [4.69, 9.17) is 9.47 Å². The lowest BCUT2D eigenvalue weighted by Crippen LogP contribution is -2.22. The van der Waals surface area contributed by atoms with Crippen LogP contribution in [0.4, 0.5) is 0 Å². The van der Waals surface area contributed by atoms with Crippen LogP contribution in [0.25, 0.3) is 0 Å². The Kier molecular flexibility index (Phi) is 3.83. The van der Waals surface area contributed by atoms with Crippen molar-refractivity contribution in [2.75, 3.05) is 13.2 Å². The molecule has 2 heteroatoms. The molecule has 0 bridgehead atoms. The molecule has 0 unspecified atom stereocenters. The van der Waals surface area contributed by atoms with Crippen molar-refractivity contribution in [2.24, 2.45) is 0 Å². The SMILES string of the molecule is CCOc1ccc2c(c1)C[C@@H](OCC)CC2. The van der Waals surface area contributed by atoms with E-state index < -0.39 is 0 Å². The summed E-state index contributed by atoms with van der Waals surface area (Å²) in [6.45, 7) is 5.62. The van der Waals surface area contributed by atoms with E-state index in [2.05, 4.69) is 25.1 Å². The van der Waals surface area contributed by atoms with E-state index in [-0.39, 0.29) is 0 Å². The number of fused-ring (bicyclic) bond motifs is 1. The van der Waals surface area contributed by atoms with Crippen molar-refractivity contribution in [1.29, 1.82) is 0 Å². The second-order valence-corrected chi connectivity index (χ2v) is 4.18. The van der Waals surface area contributed by atoms with Gasteiger partial charge in [0, 0.05) is 6.61 Å². The third-order valence-corrected chi connectivity index (χ3v) is 3.07. The van der Waals surface area contributed by atoms with Crippen LogP contribution in [0, 0.1) is 0 Å². The van der Waals surface area contributed by atoms with Crippen molar-refractivity contribution < 1.29 is 9.47 Å². The molecule has 1 atom stereocenters. The fourth-order valence-electron chi connectivity index (χ4n) is 2.33. The molecule has 1 aliphatic carbocycles. The molecule has 0 N–H and O–H groups in total. The minimum atomic E-state index is 0.398. The second-order valence-electron chi connectivity index (χ2n) is 4.18. The van der Waals surface area contributed by atoms with Gasteiger partial charge in [-0.15, -0.1) is 0 Å². The lowest BCUT2D eigenvalue weighted by Gasteiger charge is -2.24. The molecule has 0 spiro atoms. The fraction of sp³-hybridized carbons (Fsp3) is 0.571. The van der Waals surface area contributed by atoms with Gasteiger partial charge in [0.25, 0.3) is 0 Å². The van der Waals surface area contributed by atoms with Gasteiger partial charge in [-0.05, 0) is 56.4 Å². The Balaban J connectivity index is 2.12. The average molecular weight is 220 g/mol. The van der Waals surface area contributed by atoms with Crippen molar-refractivity contribution in [3.05, 3.63) is 29.3 Å². The first-order valence-corrected chi connectivity index (χ1v) is 6.19. The summed E-state index contributed by atoms with van der Waals surface area (Å²) in [5.74, 6) is 0.985. The first-order chi connectivity index (χ1) is 7.83. The van der Waals surface area contributed by atoms with Crippen molar-refractivity contribution in [1.82, 2.24) is 0 Å². The largest absolute Gasteiger partial charge is 0.494 e. The van der Waals surface area contributed by atoms with E-state index in [0.717, 1.165) is 38.2 Å². The van der Waals surface area contributed by atoms with Crippen molar-refractivity contribution in [3.8, 4) is 5.75 Å². The predicted molar refractivity (Wildman–Crippen MR) is 65.1 cm³/mol. The Morgan fingerprint density at radius 3 is 2.81 bits per heavy atom. The maximum Gasteiger partial charge on any atom is 0.119 e. The molecule has 2 nitrogen and oxygen atoms in total. The van der Waals surface area contributed by atoms with E-state index in [0.29, 0.717) is 6.10 Å². The van der Waals surface area contributed by atoms with Crippen LogP contribution < -0.4 is 4.74 Å². The molecule has 0 saturated heterocycles. The quantitative estimate of drug-likeness (QED) is 0.776. The molecule has 0 amide bonds. The first kappa shape index (κ1) is 11.5. The van der Waals surface area contributed by atoms with Crippen LogP contribution in [-0.2, 0) is 17.6 Å². The summed E-state index contributed by atoms with van der Waals surface area (Å²) in [6.07, 6.45) is 3.71. The lowest BCUT2D eigenvalue weighted by atomic mass is 9.89. The normalized spacial score (nSPS) is 19.2. The van der Waals surface area contributed by atoms with Gasteiger partial charge in [-0.2, -0.15) is 0 Å². The molecule has 0 fully saturated rings. The summed E-state index contributed by atoms with van der Waals surface area (Å²) in [5.41, 5.74) is 2.86. The molecule has 1 aliphatic rings. The summed E-state index contributed by atoms with van der Waals surface area (Å²) >= 11 is 0. The molecule has 0 radical (unpaired) electrons.